The highest BCUT2D eigenvalue weighted by molar-refractivity contribution is 4.90. The molecule has 0 aromatic rings. The molecule has 0 heterocycles. The van der Waals surface area contributed by atoms with Crippen molar-refractivity contribution in [1.82, 2.24) is 5.01 Å². The van der Waals surface area contributed by atoms with E-state index in [0.29, 0.717) is 0 Å². The number of hydrogen-bond donors (Lipinski definition) is 1. The molecule has 0 bridgehead atoms. The van der Waals surface area contributed by atoms with Gasteiger partial charge in [0.1, 0.15) is 0 Å². The van der Waals surface area contributed by atoms with E-state index in [2.05, 4.69) is 41.5 Å². The van der Waals surface area contributed by atoms with E-state index in [1.807, 2.05) is 5.01 Å². The number of rotatable bonds is 10. The summed E-state index contributed by atoms with van der Waals surface area (Å²) in [5, 5.41) is 2.05. The van der Waals surface area contributed by atoms with Gasteiger partial charge in [-0.25, -0.2) is 5.01 Å². The van der Waals surface area contributed by atoms with Crippen LogP contribution in [0.2, 0.25) is 0 Å². The number of unbranched alkanes of at least 4 members (excludes halogenated alkanes) is 7. The molecule has 0 saturated heterocycles. The van der Waals surface area contributed by atoms with E-state index in [9.17, 15) is 0 Å². The molecule has 0 saturated carbocycles. The Morgan fingerprint density at radius 3 is 1.58 bits per heavy atom. The summed E-state index contributed by atoms with van der Waals surface area (Å²) < 4.78 is 0. The second kappa shape index (κ2) is 8.97. The van der Waals surface area contributed by atoms with Gasteiger partial charge in [0, 0.05) is 12.1 Å². The Hall–Kier alpha value is -0.0800. The molecule has 2 heteroatoms. The second-order valence-corrected chi connectivity index (χ2v) is 7.48. The van der Waals surface area contributed by atoms with Gasteiger partial charge in [-0.1, -0.05) is 72.6 Å². The zero-order valence-electron chi connectivity index (χ0n) is 14.4. The standard InChI is InChI=1S/C17H38N2/c1-7-8-9-10-11-12-13-14-15-19(18)17(5,6)16(2,3)4/h7-15,18H2,1-6H3. The summed E-state index contributed by atoms with van der Waals surface area (Å²) in [6.45, 7) is 14.6. The van der Waals surface area contributed by atoms with Gasteiger partial charge in [0.05, 0.1) is 0 Å². The largest absolute Gasteiger partial charge is 0.268 e. The van der Waals surface area contributed by atoms with Gasteiger partial charge in [-0.2, -0.15) is 0 Å². The molecule has 19 heavy (non-hydrogen) atoms. The number of nitrogens with two attached hydrogens (primary N) is 1. The van der Waals surface area contributed by atoms with Crippen LogP contribution >= 0.6 is 0 Å². The maximum atomic E-state index is 6.25. The van der Waals surface area contributed by atoms with Crippen molar-refractivity contribution in [3.63, 3.8) is 0 Å². The minimum Gasteiger partial charge on any atom is -0.268 e. The number of hydrazine groups is 1. The predicted molar refractivity (Wildman–Crippen MR) is 87.0 cm³/mol. The quantitative estimate of drug-likeness (QED) is 0.339. The fourth-order valence-corrected chi connectivity index (χ4v) is 2.13. The molecule has 0 fully saturated rings. The first-order chi connectivity index (χ1) is 8.73. The fourth-order valence-electron chi connectivity index (χ4n) is 2.13. The molecule has 0 amide bonds. The van der Waals surface area contributed by atoms with Gasteiger partial charge in [-0.05, 0) is 25.7 Å². The zero-order valence-corrected chi connectivity index (χ0v) is 14.4. The van der Waals surface area contributed by atoms with E-state index >= 15 is 0 Å². The van der Waals surface area contributed by atoms with Gasteiger partial charge in [0.15, 0.2) is 0 Å². The first kappa shape index (κ1) is 18.9. The molecule has 0 unspecified atom stereocenters. The highest BCUT2D eigenvalue weighted by Crippen LogP contribution is 2.33. The van der Waals surface area contributed by atoms with Crippen molar-refractivity contribution >= 4 is 0 Å². The smallest absolute Gasteiger partial charge is 0.0343 e. The van der Waals surface area contributed by atoms with Crippen LogP contribution in [0.25, 0.3) is 0 Å². The van der Waals surface area contributed by atoms with Crippen molar-refractivity contribution in [2.24, 2.45) is 11.3 Å². The van der Waals surface area contributed by atoms with Crippen LogP contribution in [0.5, 0.6) is 0 Å². The summed E-state index contributed by atoms with van der Waals surface area (Å²) >= 11 is 0. The average molecular weight is 271 g/mol. The molecule has 0 aliphatic heterocycles. The summed E-state index contributed by atoms with van der Waals surface area (Å²) in [4.78, 5) is 0. The van der Waals surface area contributed by atoms with Crippen LogP contribution in [0.4, 0.5) is 0 Å². The average Bonchev–Trinajstić information content (AvgIpc) is 2.30. The van der Waals surface area contributed by atoms with Gasteiger partial charge in [-0.15, -0.1) is 0 Å². The van der Waals surface area contributed by atoms with E-state index in [-0.39, 0.29) is 11.0 Å². The van der Waals surface area contributed by atoms with Crippen molar-refractivity contribution in [2.45, 2.75) is 98.4 Å². The van der Waals surface area contributed by atoms with Crippen LogP contribution in [0.15, 0.2) is 0 Å². The van der Waals surface area contributed by atoms with E-state index < -0.39 is 0 Å². The second-order valence-electron chi connectivity index (χ2n) is 7.48. The molecule has 0 atom stereocenters. The lowest BCUT2D eigenvalue weighted by atomic mass is 9.76. The van der Waals surface area contributed by atoms with E-state index in [0.717, 1.165) is 6.54 Å². The van der Waals surface area contributed by atoms with Crippen molar-refractivity contribution in [3.8, 4) is 0 Å². The predicted octanol–water partition coefficient (Wildman–Crippen LogP) is 5.13. The molecule has 0 spiro atoms. The van der Waals surface area contributed by atoms with Gasteiger partial charge >= 0.3 is 0 Å². The van der Waals surface area contributed by atoms with Crippen LogP contribution in [0.1, 0.15) is 92.9 Å². The van der Waals surface area contributed by atoms with Gasteiger partial charge in [0.2, 0.25) is 0 Å². The third kappa shape index (κ3) is 7.31. The van der Waals surface area contributed by atoms with Crippen molar-refractivity contribution in [1.29, 1.82) is 0 Å². The molecule has 0 rings (SSSR count). The Morgan fingerprint density at radius 2 is 1.16 bits per heavy atom. The maximum Gasteiger partial charge on any atom is 0.0343 e. The lowest BCUT2D eigenvalue weighted by Crippen LogP contribution is -2.56. The van der Waals surface area contributed by atoms with Crippen LogP contribution in [0, 0.1) is 5.41 Å². The SMILES string of the molecule is CCCCCCCCCCN(N)C(C)(C)C(C)(C)C. The molecular formula is C17H38N2. The minimum atomic E-state index is 0.0497. The topological polar surface area (TPSA) is 29.3 Å². The summed E-state index contributed by atoms with van der Waals surface area (Å²) in [5.74, 6) is 6.25. The van der Waals surface area contributed by atoms with Gasteiger partial charge < -0.3 is 0 Å². The normalized spacial score (nSPS) is 13.3. The molecule has 2 N–H and O–H groups in total. The number of nitrogens with zero attached hydrogens (tertiary/aromatic N) is 1. The first-order valence-electron chi connectivity index (χ1n) is 8.26. The van der Waals surface area contributed by atoms with Crippen LogP contribution in [0.3, 0.4) is 0 Å². The van der Waals surface area contributed by atoms with Crippen molar-refractivity contribution in [2.75, 3.05) is 6.54 Å². The van der Waals surface area contributed by atoms with Gasteiger partial charge in [0.25, 0.3) is 0 Å². The molecule has 116 valence electrons. The lowest BCUT2D eigenvalue weighted by molar-refractivity contribution is 0.0197. The zero-order chi connectivity index (χ0) is 14.9. The highest BCUT2D eigenvalue weighted by Gasteiger charge is 2.36. The third-order valence-electron chi connectivity index (χ3n) is 4.81. The molecule has 2 nitrogen and oxygen atoms in total. The molecule has 0 aliphatic rings. The number of hydrogen-bond acceptors (Lipinski definition) is 2. The molecule has 0 aliphatic carbocycles. The fraction of sp³-hybridized carbons (Fsp3) is 1.00. The van der Waals surface area contributed by atoms with Crippen LogP contribution in [-0.4, -0.2) is 17.1 Å². The Kier molecular flexibility index (Phi) is 8.93. The Morgan fingerprint density at radius 1 is 0.737 bits per heavy atom. The highest BCUT2D eigenvalue weighted by atomic mass is 15.4. The Balaban J connectivity index is 3.67. The van der Waals surface area contributed by atoms with Gasteiger partial charge in [-0.3, -0.25) is 5.84 Å². The van der Waals surface area contributed by atoms with E-state index in [1.165, 1.54) is 51.4 Å². The first-order valence-corrected chi connectivity index (χ1v) is 8.26. The van der Waals surface area contributed by atoms with E-state index in [4.69, 9.17) is 5.84 Å². The van der Waals surface area contributed by atoms with Crippen LogP contribution < -0.4 is 5.84 Å². The Bertz CT molecular complexity index is 216. The molecule has 0 aromatic heterocycles. The molecular weight excluding hydrogens is 232 g/mol. The van der Waals surface area contributed by atoms with E-state index in [1.54, 1.807) is 0 Å². The summed E-state index contributed by atoms with van der Waals surface area (Å²) in [6.07, 6.45) is 10.9. The molecule has 0 radical (unpaired) electrons. The maximum absolute atomic E-state index is 6.25. The Labute approximate surface area is 122 Å². The summed E-state index contributed by atoms with van der Waals surface area (Å²) in [5.41, 5.74) is 0.260. The molecule has 0 aromatic carbocycles. The minimum absolute atomic E-state index is 0.0497. The van der Waals surface area contributed by atoms with Crippen molar-refractivity contribution in [3.05, 3.63) is 0 Å². The van der Waals surface area contributed by atoms with Crippen LogP contribution in [-0.2, 0) is 0 Å². The third-order valence-corrected chi connectivity index (χ3v) is 4.81. The summed E-state index contributed by atoms with van der Waals surface area (Å²) in [7, 11) is 0. The van der Waals surface area contributed by atoms with Crippen molar-refractivity contribution < 1.29 is 0 Å². The monoisotopic (exact) mass is 270 g/mol. The lowest BCUT2D eigenvalue weighted by Gasteiger charge is -2.45. The summed E-state index contributed by atoms with van der Waals surface area (Å²) in [6, 6.07) is 0.